The van der Waals surface area contributed by atoms with Gasteiger partial charge < -0.3 is 5.11 Å². The van der Waals surface area contributed by atoms with Crippen LogP contribution in [-0.4, -0.2) is 25.9 Å². The fraction of sp³-hybridized carbons (Fsp3) is 0.429. The summed E-state index contributed by atoms with van der Waals surface area (Å²) >= 11 is 0. The van der Waals surface area contributed by atoms with Crippen LogP contribution in [0.5, 0.6) is 0 Å². The van der Waals surface area contributed by atoms with E-state index < -0.39 is 12.4 Å². The molecular weight excluding hydrogens is 215 g/mol. The van der Waals surface area contributed by atoms with E-state index in [1.165, 1.54) is 0 Å². The minimum Gasteiger partial charge on any atom is -0.465 e. The minimum absolute atomic E-state index is 0.0409. The van der Waals surface area contributed by atoms with Gasteiger partial charge in [-0.2, -0.15) is 9.78 Å². The van der Waals surface area contributed by atoms with Gasteiger partial charge in [0.15, 0.2) is 0 Å². The Bertz CT molecular complexity index is 389. The molecule has 1 aliphatic rings. The Hall–Kier alpha value is -1.73. The smallest absolute Gasteiger partial charge is 0.465 e. The van der Waals surface area contributed by atoms with Gasteiger partial charge in [0, 0.05) is 11.8 Å². The van der Waals surface area contributed by atoms with E-state index >= 15 is 0 Å². The van der Waals surface area contributed by atoms with Gasteiger partial charge >= 0.3 is 12.4 Å². The number of rotatable bonds is 0. The van der Waals surface area contributed by atoms with E-state index in [2.05, 4.69) is 5.10 Å². The summed E-state index contributed by atoms with van der Waals surface area (Å²) in [6, 6.07) is 0. The molecule has 1 aliphatic heterocycles. The molecule has 15 heavy (non-hydrogen) atoms. The van der Waals surface area contributed by atoms with Crippen molar-refractivity contribution in [3.63, 3.8) is 0 Å². The number of nitrogens with zero attached hydrogens (tertiary/aromatic N) is 3. The maximum Gasteiger partial charge on any atom is 0.504 e. The Morgan fingerprint density at radius 1 is 1.47 bits per heavy atom. The van der Waals surface area contributed by atoms with Crippen LogP contribution in [0.1, 0.15) is 11.3 Å². The highest BCUT2D eigenvalue weighted by atomic mass is 19.4. The predicted molar refractivity (Wildman–Crippen MR) is 40.8 cm³/mol. The number of alkyl halides is 3. The molecule has 2 rings (SSSR count). The van der Waals surface area contributed by atoms with Crippen LogP contribution < -0.4 is 0 Å². The SMILES string of the molecule is O=C(O)N1Cc2cn(C(F)(F)F)nc2C1. The van der Waals surface area contributed by atoms with E-state index in [0.29, 0.717) is 5.56 Å². The first kappa shape index (κ1) is 9.81. The van der Waals surface area contributed by atoms with Gasteiger partial charge in [-0.15, -0.1) is 13.2 Å². The fourth-order valence-electron chi connectivity index (χ4n) is 1.42. The molecule has 0 unspecified atom stereocenters. The lowest BCUT2D eigenvalue weighted by Crippen LogP contribution is -2.24. The predicted octanol–water partition coefficient (Wildman–Crippen LogP) is 1.35. The molecule has 2 heterocycles. The molecule has 8 heteroatoms. The normalized spacial score (nSPS) is 15.5. The van der Waals surface area contributed by atoms with Gasteiger partial charge in [0.2, 0.25) is 0 Å². The number of hydrogen-bond acceptors (Lipinski definition) is 2. The Balaban J connectivity index is 2.23. The Morgan fingerprint density at radius 2 is 2.13 bits per heavy atom. The summed E-state index contributed by atoms with van der Waals surface area (Å²) < 4.78 is 36.4. The van der Waals surface area contributed by atoms with Gasteiger partial charge in [-0.1, -0.05) is 0 Å². The van der Waals surface area contributed by atoms with Gasteiger partial charge in [-0.3, -0.25) is 4.90 Å². The molecule has 1 aromatic rings. The number of aromatic nitrogens is 2. The highest BCUT2D eigenvalue weighted by Gasteiger charge is 2.35. The number of carboxylic acid groups (broad SMARTS) is 1. The molecule has 0 aromatic carbocycles. The highest BCUT2D eigenvalue weighted by molar-refractivity contribution is 5.66. The summed E-state index contributed by atoms with van der Waals surface area (Å²) in [6.45, 7) is -0.130. The van der Waals surface area contributed by atoms with Crippen molar-refractivity contribution in [2.45, 2.75) is 19.4 Å². The van der Waals surface area contributed by atoms with Crippen LogP contribution in [0.25, 0.3) is 0 Å². The van der Waals surface area contributed by atoms with Crippen molar-refractivity contribution in [1.82, 2.24) is 14.7 Å². The fourth-order valence-corrected chi connectivity index (χ4v) is 1.42. The first-order valence-corrected chi connectivity index (χ1v) is 4.00. The zero-order valence-corrected chi connectivity index (χ0v) is 7.32. The molecule has 0 bridgehead atoms. The van der Waals surface area contributed by atoms with Gasteiger partial charge in [-0.05, 0) is 0 Å². The maximum atomic E-state index is 12.2. The molecule has 0 saturated carbocycles. The van der Waals surface area contributed by atoms with Crippen molar-refractivity contribution in [3.05, 3.63) is 17.5 Å². The van der Waals surface area contributed by atoms with Gasteiger partial charge in [-0.25, -0.2) is 4.79 Å². The zero-order chi connectivity index (χ0) is 11.2. The van der Waals surface area contributed by atoms with Crippen molar-refractivity contribution in [2.24, 2.45) is 0 Å². The van der Waals surface area contributed by atoms with E-state index in [1.54, 1.807) is 0 Å². The topological polar surface area (TPSA) is 58.4 Å². The lowest BCUT2D eigenvalue weighted by atomic mass is 10.3. The minimum atomic E-state index is -4.54. The third-order valence-electron chi connectivity index (χ3n) is 2.11. The second-order valence-electron chi connectivity index (χ2n) is 3.15. The van der Waals surface area contributed by atoms with Gasteiger partial charge in [0.25, 0.3) is 0 Å². The molecule has 0 fully saturated rings. The maximum absolute atomic E-state index is 12.2. The van der Waals surface area contributed by atoms with Crippen molar-refractivity contribution < 1.29 is 23.1 Å². The Kier molecular flexibility index (Phi) is 1.88. The molecule has 82 valence electrons. The van der Waals surface area contributed by atoms with E-state index in [1.807, 2.05) is 0 Å². The van der Waals surface area contributed by atoms with Crippen LogP contribution >= 0.6 is 0 Å². The Labute approximate surface area is 81.7 Å². The second kappa shape index (κ2) is 2.88. The third kappa shape index (κ3) is 1.62. The van der Waals surface area contributed by atoms with Crippen molar-refractivity contribution in [1.29, 1.82) is 0 Å². The number of carbonyl (C=O) groups is 1. The monoisotopic (exact) mass is 221 g/mol. The van der Waals surface area contributed by atoms with Crippen LogP contribution in [0.4, 0.5) is 18.0 Å². The summed E-state index contributed by atoms with van der Waals surface area (Å²) in [6.07, 6.45) is -4.89. The zero-order valence-electron chi connectivity index (χ0n) is 7.32. The number of halogens is 3. The summed E-state index contributed by atoms with van der Waals surface area (Å²) in [7, 11) is 0. The summed E-state index contributed by atoms with van der Waals surface area (Å²) in [4.78, 5) is 11.5. The van der Waals surface area contributed by atoms with E-state index in [4.69, 9.17) is 5.11 Å². The lowest BCUT2D eigenvalue weighted by molar-refractivity contribution is -0.212. The molecule has 5 nitrogen and oxygen atoms in total. The van der Waals surface area contributed by atoms with E-state index in [0.717, 1.165) is 11.1 Å². The first-order chi connectivity index (χ1) is 6.88. The van der Waals surface area contributed by atoms with E-state index in [9.17, 15) is 18.0 Å². The average Bonchev–Trinajstić information content (AvgIpc) is 2.55. The number of hydrogen-bond donors (Lipinski definition) is 1. The lowest BCUT2D eigenvalue weighted by Gasteiger charge is -2.10. The molecule has 0 spiro atoms. The van der Waals surface area contributed by atoms with Crippen molar-refractivity contribution in [2.75, 3.05) is 0 Å². The average molecular weight is 221 g/mol. The summed E-state index contributed by atoms with van der Waals surface area (Å²) in [5.41, 5.74) is 0.462. The summed E-state index contributed by atoms with van der Waals surface area (Å²) in [5.74, 6) is 0. The number of amides is 1. The molecule has 0 aliphatic carbocycles. The quantitative estimate of drug-likeness (QED) is 0.719. The largest absolute Gasteiger partial charge is 0.504 e. The Morgan fingerprint density at radius 3 is 2.60 bits per heavy atom. The molecule has 1 amide bonds. The molecule has 1 N–H and O–H groups in total. The highest BCUT2D eigenvalue weighted by Crippen LogP contribution is 2.27. The van der Waals surface area contributed by atoms with Crippen molar-refractivity contribution >= 4 is 6.09 Å². The van der Waals surface area contributed by atoms with Crippen LogP contribution in [0.2, 0.25) is 0 Å². The molecule has 0 atom stereocenters. The first-order valence-electron chi connectivity index (χ1n) is 4.00. The van der Waals surface area contributed by atoms with Gasteiger partial charge in [0.05, 0.1) is 18.8 Å². The van der Waals surface area contributed by atoms with E-state index in [-0.39, 0.29) is 23.5 Å². The van der Waals surface area contributed by atoms with Crippen LogP contribution in [-0.2, 0) is 19.4 Å². The van der Waals surface area contributed by atoms with Crippen LogP contribution in [0.3, 0.4) is 0 Å². The molecule has 0 radical (unpaired) electrons. The third-order valence-corrected chi connectivity index (χ3v) is 2.11. The second-order valence-corrected chi connectivity index (χ2v) is 3.15. The standard InChI is InChI=1S/C7H6F3N3O2/c8-7(9,10)13-2-4-1-12(6(14)15)3-5(4)11-13/h2H,1,3H2,(H,14,15). The molecular formula is C7H6F3N3O2. The molecule has 0 saturated heterocycles. The summed E-state index contributed by atoms with van der Waals surface area (Å²) in [5, 5.41) is 11.9. The number of fused-ring (bicyclic) bond motifs is 1. The van der Waals surface area contributed by atoms with Crippen LogP contribution in [0, 0.1) is 0 Å². The van der Waals surface area contributed by atoms with Crippen molar-refractivity contribution in [3.8, 4) is 0 Å². The van der Waals surface area contributed by atoms with Crippen LogP contribution in [0.15, 0.2) is 6.20 Å². The molecule has 1 aromatic heterocycles. The van der Waals surface area contributed by atoms with Gasteiger partial charge in [0.1, 0.15) is 0 Å².